The number of amides is 1. The summed E-state index contributed by atoms with van der Waals surface area (Å²) in [5, 5.41) is 2.67. The second kappa shape index (κ2) is 10.5. The maximum atomic E-state index is 12.7. The van der Waals surface area contributed by atoms with Crippen LogP contribution in [0.25, 0.3) is 0 Å². The highest BCUT2D eigenvalue weighted by Gasteiger charge is 2.16. The molecular formula is C20H24F2N2O3. The van der Waals surface area contributed by atoms with E-state index < -0.39 is 12.7 Å². The molecule has 3 N–H and O–H groups in total. The van der Waals surface area contributed by atoms with Crippen LogP contribution in [0.4, 0.5) is 8.78 Å². The molecule has 1 atom stereocenters. The van der Waals surface area contributed by atoms with Gasteiger partial charge in [0.05, 0.1) is 12.6 Å². The van der Waals surface area contributed by atoms with Gasteiger partial charge in [-0.3, -0.25) is 4.79 Å². The van der Waals surface area contributed by atoms with Crippen LogP contribution >= 0.6 is 0 Å². The largest absolute Gasteiger partial charge is 0.493 e. The minimum atomic E-state index is -2.97. The number of alkyl halides is 2. The first kappa shape index (κ1) is 20.6. The summed E-state index contributed by atoms with van der Waals surface area (Å²) in [5.41, 5.74) is 7.29. The lowest BCUT2D eigenvalue weighted by molar-refractivity contribution is -0.122. The van der Waals surface area contributed by atoms with E-state index in [0.717, 1.165) is 12.0 Å². The van der Waals surface area contributed by atoms with Crippen LogP contribution in [0.2, 0.25) is 0 Å². The zero-order valence-corrected chi connectivity index (χ0v) is 15.2. The van der Waals surface area contributed by atoms with Gasteiger partial charge in [-0.25, -0.2) is 0 Å². The van der Waals surface area contributed by atoms with Crippen LogP contribution in [0, 0.1) is 0 Å². The third-order valence-electron chi connectivity index (χ3n) is 3.82. The zero-order chi connectivity index (χ0) is 19.6. The van der Waals surface area contributed by atoms with Crippen molar-refractivity contribution >= 4 is 5.91 Å². The Balaban J connectivity index is 1.99. The molecule has 0 aliphatic heterocycles. The molecule has 0 heterocycles. The summed E-state index contributed by atoms with van der Waals surface area (Å²) in [4.78, 5) is 12.2. The molecular weight excluding hydrogens is 354 g/mol. The van der Waals surface area contributed by atoms with E-state index in [1.165, 1.54) is 6.07 Å². The predicted octanol–water partition coefficient (Wildman–Crippen LogP) is 3.26. The predicted molar refractivity (Wildman–Crippen MR) is 98.8 cm³/mol. The molecule has 2 rings (SSSR count). The Morgan fingerprint density at radius 3 is 2.59 bits per heavy atom. The standard InChI is InChI=1S/C20H24F2N2O3/c1-2-10-26-16-9-8-15(18(12-16)27-20(21)22)13-24-19(25)17(23)11-14-6-4-3-5-7-14/h3-9,12,17,20H,2,10-11,13,23H2,1H3,(H,24,25)/t17-/m0/s1. The molecule has 1 amide bonds. The number of nitrogens with two attached hydrogens (primary N) is 1. The first-order chi connectivity index (χ1) is 13.0. The van der Waals surface area contributed by atoms with Gasteiger partial charge in [0, 0.05) is 18.2 Å². The highest BCUT2D eigenvalue weighted by Crippen LogP contribution is 2.26. The van der Waals surface area contributed by atoms with Crippen molar-refractivity contribution in [3.63, 3.8) is 0 Å². The summed E-state index contributed by atoms with van der Waals surface area (Å²) in [7, 11) is 0. The number of halogens is 2. The Labute approximate surface area is 157 Å². The maximum Gasteiger partial charge on any atom is 0.387 e. The van der Waals surface area contributed by atoms with Gasteiger partial charge in [-0.15, -0.1) is 0 Å². The van der Waals surface area contributed by atoms with Crippen molar-refractivity contribution in [2.75, 3.05) is 6.61 Å². The van der Waals surface area contributed by atoms with Crippen LogP contribution in [0.1, 0.15) is 24.5 Å². The fourth-order valence-corrected chi connectivity index (χ4v) is 2.47. The molecule has 7 heteroatoms. The minimum absolute atomic E-state index is 0.0252. The van der Waals surface area contributed by atoms with Crippen molar-refractivity contribution in [3.8, 4) is 11.5 Å². The monoisotopic (exact) mass is 378 g/mol. The van der Waals surface area contributed by atoms with Gasteiger partial charge in [-0.05, 0) is 30.5 Å². The molecule has 0 aliphatic rings. The average Bonchev–Trinajstić information content (AvgIpc) is 2.65. The average molecular weight is 378 g/mol. The molecule has 2 aromatic carbocycles. The second-order valence-electron chi connectivity index (χ2n) is 6.01. The fourth-order valence-electron chi connectivity index (χ4n) is 2.47. The lowest BCUT2D eigenvalue weighted by atomic mass is 10.1. The Morgan fingerprint density at radius 1 is 1.19 bits per heavy atom. The lowest BCUT2D eigenvalue weighted by Gasteiger charge is -2.16. The van der Waals surface area contributed by atoms with E-state index in [0.29, 0.717) is 24.3 Å². The Hall–Kier alpha value is -2.67. The van der Waals surface area contributed by atoms with Crippen molar-refractivity contribution in [1.82, 2.24) is 5.32 Å². The van der Waals surface area contributed by atoms with Gasteiger partial charge < -0.3 is 20.5 Å². The summed E-state index contributed by atoms with van der Waals surface area (Å²) in [6.45, 7) is -0.531. The van der Waals surface area contributed by atoms with Crippen LogP contribution in [0.5, 0.6) is 11.5 Å². The van der Waals surface area contributed by atoms with Crippen LogP contribution in [0.3, 0.4) is 0 Å². The molecule has 0 aromatic heterocycles. The van der Waals surface area contributed by atoms with Crippen molar-refractivity contribution in [2.24, 2.45) is 5.73 Å². The third-order valence-corrected chi connectivity index (χ3v) is 3.82. The van der Waals surface area contributed by atoms with E-state index in [1.807, 2.05) is 37.3 Å². The summed E-state index contributed by atoms with van der Waals surface area (Å²) in [5.74, 6) is 0.0343. The zero-order valence-electron chi connectivity index (χ0n) is 15.2. The van der Waals surface area contributed by atoms with E-state index in [-0.39, 0.29) is 18.2 Å². The summed E-state index contributed by atoms with van der Waals surface area (Å²) >= 11 is 0. The quantitative estimate of drug-likeness (QED) is 0.666. The smallest absolute Gasteiger partial charge is 0.387 e. The van der Waals surface area contributed by atoms with Crippen molar-refractivity contribution < 1.29 is 23.0 Å². The van der Waals surface area contributed by atoms with E-state index in [2.05, 4.69) is 10.1 Å². The van der Waals surface area contributed by atoms with Gasteiger partial charge in [-0.2, -0.15) is 8.78 Å². The number of hydrogen-bond donors (Lipinski definition) is 2. The SMILES string of the molecule is CCCOc1ccc(CNC(=O)[C@@H](N)Cc2ccccc2)c(OC(F)F)c1. The molecule has 0 fully saturated rings. The van der Waals surface area contributed by atoms with Gasteiger partial charge in [0.25, 0.3) is 0 Å². The van der Waals surface area contributed by atoms with Gasteiger partial charge in [-0.1, -0.05) is 37.3 Å². The number of carbonyl (C=O) groups excluding carboxylic acids is 1. The molecule has 0 saturated heterocycles. The highest BCUT2D eigenvalue weighted by atomic mass is 19.3. The van der Waals surface area contributed by atoms with Crippen molar-refractivity contribution in [3.05, 3.63) is 59.7 Å². The Bertz CT molecular complexity index is 726. The van der Waals surface area contributed by atoms with Gasteiger partial charge in [0.2, 0.25) is 5.91 Å². The Kier molecular flexibility index (Phi) is 8.00. The molecule has 0 bridgehead atoms. The van der Waals surface area contributed by atoms with E-state index in [4.69, 9.17) is 10.5 Å². The molecule has 2 aromatic rings. The number of benzene rings is 2. The highest BCUT2D eigenvalue weighted by molar-refractivity contribution is 5.81. The van der Waals surface area contributed by atoms with Gasteiger partial charge >= 0.3 is 6.61 Å². The second-order valence-corrected chi connectivity index (χ2v) is 6.01. The van der Waals surface area contributed by atoms with Crippen molar-refractivity contribution in [2.45, 2.75) is 39.0 Å². The molecule has 146 valence electrons. The first-order valence-corrected chi connectivity index (χ1v) is 8.77. The van der Waals surface area contributed by atoms with Crippen LogP contribution in [-0.2, 0) is 17.8 Å². The summed E-state index contributed by atoms with van der Waals surface area (Å²) < 4.78 is 35.4. The third kappa shape index (κ3) is 6.86. The normalized spacial score (nSPS) is 11.9. The van der Waals surface area contributed by atoms with E-state index in [1.54, 1.807) is 12.1 Å². The first-order valence-electron chi connectivity index (χ1n) is 8.77. The molecule has 0 spiro atoms. The number of hydrogen-bond acceptors (Lipinski definition) is 4. The molecule has 0 unspecified atom stereocenters. The Morgan fingerprint density at radius 2 is 1.93 bits per heavy atom. The molecule has 0 radical (unpaired) electrons. The maximum absolute atomic E-state index is 12.7. The topological polar surface area (TPSA) is 73.6 Å². The van der Waals surface area contributed by atoms with Crippen LogP contribution < -0.4 is 20.5 Å². The van der Waals surface area contributed by atoms with Crippen LogP contribution in [-0.4, -0.2) is 25.2 Å². The van der Waals surface area contributed by atoms with Crippen LogP contribution in [0.15, 0.2) is 48.5 Å². The number of carbonyl (C=O) groups is 1. The molecule has 0 aliphatic carbocycles. The number of rotatable bonds is 10. The van der Waals surface area contributed by atoms with Crippen molar-refractivity contribution in [1.29, 1.82) is 0 Å². The summed E-state index contributed by atoms with van der Waals surface area (Å²) in [6, 6.07) is 13.3. The number of nitrogens with one attached hydrogen (secondary N) is 1. The molecule has 0 saturated carbocycles. The number of ether oxygens (including phenoxy) is 2. The minimum Gasteiger partial charge on any atom is -0.493 e. The van der Waals surface area contributed by atoms with E-state index >= 15 is 0 Å². The molecule has 5 nitrogen and oxygen atoms in total. The lowest BCUT2D eigenvalue weighted by Crippen LogP contribution is -2.41. The summed E-state index contributed by atoms with van der Waals surface area (Å²) in [6.07, 6.45) is 1.18. The fraction of sp³-hybridized carbons (Fsp3) is 0.350. The van der Waals surface area contributed by atoms with Gasteiger partial charge in [0.1, 0.15) is 11.5 Å². The van der Waals surface area contributed by atoms with E-state index in [9.17, 15) is 13.6 Å². The molecule has 27 heavy (non-hydrogen) atoms. The van der Waals surface area contributed by atoms with Gasteiger partial charge in [0.15, 0.2) is 0 Å².